The third-order valence-electron chi connectivity index (χ3n) is 1.57. The Hall–Kier alpha value is -1.37. The van der Waals surface area contributed by atoms with Crippen LogP contribution in [-0.4, -0.2) is 13.3 Å². The van der Waals surface area contributed by atoms with Crippen LogP contribution in [0.5, 0.6) is 0 Å². The number of rotatable bonds is 2. The van der Waals surface area contributed by atoms with E-state index >= 15 is 0 Å². The molecule has 12 heavy (non-hydrogen) atoms. The minimum Gasteiger partial charge on any atom is -0.297 e. The second-order valence-electron chi connectivity index (χ2n) is 2.68. The Morgan fingerprint density at radius 2 is 2.17 bits per heavy atom. The van der Waals surface area contributed by atoms with Crippen LogP contribution in [0.15, 0.2) is 35.3 Å². The lowest BCUT2D eigenvalue weighted by Crippen LogP contribution is -1.74. The molecular weight excluding hydrogens is 146 g/mol. The molecule has 0 saturated heterocycles. The Morgan fingerprint density at radius 1 is 1.33 bits per heavy atom. The van der Waals surface area contributed by atoms with Crippen LogP contribution < -0.4 is 0 Å². The summed E-state index contributed by atoms with van der Waals surface area (Å²) in [7, 11) is 1.76. The Labute approximate surface area is 73.5 Å². The second-order valence-corrected chi connectivity index (χ2v) is 2.68. The van der Waals surface area contributed by atoms with Gasteiger partial charge < -0.3 is 0 Å². The molecule has 0 atom stereocenters. The number of hydrogen-bond acceptors (Lipinski definition) is 1. The highest BCUT2D eigenvalue weighted by Crippen LogP contribution is 2.04. The second kappa shape index (κ2) is 4.50. The van der Waals surface area contributed by atoms with Crippen LogP contribution in [0.25, 0.3) is 6.08 Å². The maximum atomic E-state index is 3.86. The summed E-state index contributed by atoms with van der Waals surface area (Å²) >= 11 is 0. The molecule has 1 aromatic carbocycles. The van der Waals surface area contributed by atoms with Crippen molar-refractivity contribution >= 4 is 12.3 Å². The molecule has 0 aromatic heterocycles. The lowest BCUT2D eigenvalue weighted by molar-refractivity contribution is 1.46. The van der Waals surface area contributed by atoms with Crippen LogP contribution in [0.2, 0.25) is 0 Å². The molecule has 0 heterocycles. The van der Waals surface area contributed by atoms with Gasteiger partial charge in [0, 0.05) is 13.3 Å². The summed E-state index contributed by atoms with van der Waals surface area (Å²) in [5.41, 5.74) is 2.50. The predicted octanol–water partition coefficient (Wildman–Crippen LogP) is 2.71. The van der Waals surface area contributed by atoms with Gasteiger partial charge in [0.05, 0.1) is 0 Å². The van der Waals surface area contributed by atoms with Crippen molar-refractivity contribution in [2.75, 3.05) is 7.05 Å². The average molecular weight is 159 g/mol. The molecule has 1 heteroatoms. The molecule has 0 N–H and O–H groups in total. The lowest BCUT2D eigenvalue weighted by atomic mass is 10.1. The summed E-state index contributed by atoms with van der Waals surface area (Å²) in [6, 6.07) is 8.36. The van der Waals surface area contributed by atoms with Crippen molar-refractivity contribution in [3.8, 4) is 0 Å². The van der Waals surface area contributed by atoms with Gasteiger partial charge in [-0.05, 0) is 18.6 Å². The first kappa shape index (κ1) is 8.72. The van der Waals surface area contributed by atoms with E-state index in [2.05, 4.69) is 36.2 Å². The number of hydrogen-bond donors (Lipinski definition) is 0. The predicted molar refractivity (Wildman–Crippen MR) is 54.6 cm³/mol. The number of allylic oxidation sites excluding steroid dienone is 1. The van der Waals surface area contributed by atoms with Crippen LogP contribution >= 0.6 is 0 Å². The largest absolute Gasteiger partial charge is 0.297 e. The van der Waals surface area contributed by atoms with Gasteiger partial charge in [0.15, 0.2) is 0 Å². The molecule has 1 aromatic rings. The summed E-state index contributed by atoms with van der Waals surface area (Å²) in [5, 5.41) is 0. The summed E-state index contributed by atoms with van der Waals surface area (Å²) < 4.78 is 0. The van der Waals surface area contributed by atoms with E-state index in [1.807, 2.05) is 12.2 Å². The molecule has 0 amide bonds. The van der Waals surface area contributed by atoms with Gasteiger partial charge in [0.2, 0.25) is 0 Å². The van der Waals surface area contributed by atoms with Gasteiger partial charge in [-0.3, -0.25) is 4.99 Å². The minimum absolute atomic E-state index is 1.22. The molecule has 0 spiro atoms. The van der Waals surface area contributed by atoms with E-state index in [-0.39, 0.29) is 0 Å². The maximum absolute atomic E-state index is 3.86. The first-order valence-corrected chi connectivity index (χ1v) is 3.98. The van der Waals surface area contributed by atoms with Gasteiger partial charge in [0.1, 0.15) is 0 Å². The van der Waals surface area contributed by atoms with Crippen molar-refractivity contribution in [3.63, 3.8) is 0 Å². The van der Waals surface area contributed by atoms with E-state index in [4.69, 9.17) is 0 Å². The molecule has 62 valence electrons. The summed E-state index contributed by atoms with van der Waals surface area (Å²) in [5.74, 6) is 0. The van der Waals surface area contributed by atoms with Gasteiger partial charge in [-0.25, -0.2) is 0 Å². The maximum Gasteiger partial charge on any atom is 0.0277 e. The number of aryl methyl sites for hydroxylation is 1. The van der Waals surface area contributed by atoms with Gasteiger partial charge >= 0.3 is 0 Å². The van der Waals surface area contributed by atoms with E-state index < -0.39 is 0 Å². The topological polar surface area (TPSA) is 12.4 Å². The third kappa shape index (κ3) is 2.70. The van der Waals surface area contributed by atoms with Gasteiger partial charge in [-0.15, -0.1) is 0 Å². The fraction of sp³-hybridized carbons (Fsp3) is 0.182. The first-order chi connectivity index (χ1) is 5.83. The number of benzene rings is 1. The lowest BCUT2D eigenvalue weighted by Gasteiger charge is -1.93. The van der Waals surface area contributed by atoms with Crippen LogP contribution in [0.1, 0.15) is 11.1 Å². The monoisotopic (exact) mass is 159 g/mol. The number of aliphatic imine (C=N–C) groups is 1. The zero-order chi connectivity index (χ0) is 8.81. The Balaban J connectivity index is 2.76. The van der Waals surface area contributed by atoms with E-state index in [1.165, 1.54) is 11.1 Å². The van der Waals surface area contributed by atoms with Crippen molar-refractivity contribution in [2.24, 2.45) is 4.99 Å². The Morgan fingerprint density at radius 3 is 2.83 bits per heavy atom. The molecule has 1 rings (SSSR count). The van der Waals surface area contributed by atoms with Crippen molar-refractivity contribution in [1.29, 1.82) is 0 Å². The molecule has 0 aliphatic carbocycles. The van der Waals surface area contributed by atoms with Crippen LogP contribution in [0, 0.1) is 6.92 Å². The summed E-state index contributed by atoms with van der Waals surface area (Å²) in [4.78, 5) is 3.86. The van der Waals surface area contributed by atoms with Crippen molar-refractivity contribution in [3.05, 3.63) is 41.5 Å². The zero-order valence-corrected chi connectivity index (χ0v) is 7.49. The Kier molecular flexibility index (Phi) is 3.27. The quantitative estimate of drug-likeness (QED) is 0.588. The highest BCUT2D eigenvalue weighted by atomic mass is 14.6. The molecule has 0 unspecified atom stereocenters. The molecular formula is C11H13N. The van der Waals surface area contributed by atoms with E-state index in [0.29, 0.717) is 0 Å². The van der Waals surface area contributed by atoms with E-state index in [1.54, 1.807) is 13.3 Å². The SMILES string of the molecule is CN=C/C=C\c1cccc(C)c1. The molecule has 0 aliphatic rings. The smallest absolute Gasteiger partial charge is 0.0277 e. The van der Waals surface area contributed by atoms with Crippen molar-refractivity contribution < 1.29 is 0 Å². The molecule has 0 saturated carbocycles. The fourth-order valence-electron chi connectivity index (χ4n) is 1.01. The molecule has 0 radical (unpaired) electrons. The standard InChI is InChI=1S/C11H13N/c1-10-5-3-6-11(9-10)7-4-8-12-2/h3-9H,1-2H3/b7-4-,12-8?. The highest BCUT2D eigenvalue weighted by molar-refractivity contribution is 5.78. The third-order valence-corrected chi connectivity index (χ3v) is 1.57. The van der Waals surface area contributed by atoms with E-state index in [9.17, 15) is 0 Å². The van der Waals surface area contributed by atoms with Crippen molar-refractivity contribution in [2.45, 2.75) is 6.92 Å². The highest BCUT2D eigenvalue weighted by Gasteiger charge is 1.84. The van der Waals surface area contributed by atoms with E-state index in [0.717, 1.165) is 0 Å². The summed E-state index contributed by atoms with van der Waals surface area (Å²) in [6.45, 7) is 2.09. The average Bonchev–Trinajstić information content (AvgIpc) is 2.05. The molecule has 0 bridgehead atoms. The number of nitrogens with zero attached hydrogens (tertiary/aromatic N) is 1. The molecule has 0 aliphatic heterocycles. The van der Waals surface area contributed by atoms with Crippen molar-refractivity contribution in [1.82, 2.24) is 0 Å². The fourth-order valence-corrected chi connectivity index (χ4v) is 1.01. The minimum atomic E-state index is 1.22. The first-order valence-electron chi connectivity index (χ1n) is 3.98. The van der Waals surface area contributed by atoms with Gasteiger partial charge in [-0.2, -0.15) is 0 Å². The van der Waals surface area contributed by atoms with Gasteiger partial charge in [-0.1, -0.05) is 35.9 Å². The van der Waals surface area contributed by atoms with Crippen LogP contribution in [-0.2, 0) is 0 Å². The van der Waals surface area contributed by atoms with Gasteiger partial charge in [0.25, 0.3) is 0 Å². The Bertz CT molecular complexity index is 298. The van der Waals surface area contributed by atoms with Crippen LogP contribution in [0.3, 0.4) is 0 Å². The van der Waals surface area contributed by atoms with Crippen LogP contribution in [0.4, 0.5) is 0 Å². The summed E-state index contributed by atoms with van der Waals surface area (Å²) in [6.07, 6.45) is 5.76. The zero-order valence-electron chi connectivity index (χ0n) is 7.49. The molecule has 0 fully saturated rings. The molecule has 1 nitrogen and oxygen atoms in total. The normalized spacial score (nSPS) is 11.5.